The molecule has 0 saturated carbocycles. The second-order valence-electron chi connectivity index (χ2n) is 3.58. The topological polar surface area (TPSA) is 23.5 Å². The SMILES string of the molecule is C[C@@H](O)Cc1ccccc1N(C)C. The molecule has 1 atom stereocenters. The Bertz CT molecular complexity index is 269. The number of rotatable bonds is 3. The Hall–Kier alpha value is -1.02. The van der Waals surface area contributed by atoms with Crippen LogP contribution >= 0.6 is 0 Å². The van der Waals surface area contributed by atoms with Crippen LogP contribution < -0.4 is 4.90 Å². The summed E-state index contributed by atoms with van der Waals surface area (Å²) in [6.45, 7) is 1.81. The van der Waals surface area contributed by atoms with E-state index in [9.17, 15) is 5.11 Å². The minimum Gasteiger partial charge on any atom is -0.393 e. The van der Waals surface area contributed by atoms with Gasteiger partial charge in [0.05, 0.1) is 6.10 Å². The monoisotopic (exact) mass is 179 g/mol. The number of hydrogen-bond acceptors (Lipinski definition) is 2. The highest BCUT2D eigenvalue weighted by Crippen LogP contribution is 2.19. The predicted octanol–water partition coefficient (Wildman–Crippen LogP) is 1.68. The third-order valence-corrected chi connectivity index (χ3v) is 1.99. The van der Waals surface area contributed by atoms with Crippen LogP contribution in [-0.4, -0.2) is 25.3 Å². The van der Waals surface area contributed by atoms with Crippen molar-refractivity contribution >= 4 is 5.69 Å². The quantitative estimate of drug-likeness (QED) is 0.763. The van der Waals surface area contributed by atoms with Crippen LogP contribution in [0.25, 0.3) is 0 Å². The first-order chi connectivity index (χ1) is 6.11. The van der Waals surface area contributed by atoms with E-state index in [1.54, 1.807) is 0 Å². The summed E-state index contributed by atoms with van der Waals surface area (Å²) in [6, 6.07) is 8.14. The molecule has 0 spiro atoms. The fraction of sp³-hybridized carbons (Fsp3) is 0.455. The van der Waals surface area contributed by atoms with Gasteiger partial charge in [-0.05, 0) is 18.6 Å². The van der Waals surface area contributed by atoms with Gasteiger partial charge in [-0.1, -0.05) is 18.2 Å². The predicted molar refractivity (Wildman–Crippen MR) is 56.2 cm³/mol. The highest BCUT2D eigenvalue weighted by atomic mass is 16.3. The second-order valence-corrected chi connectivity index (χ2v) is 3.58. The normalized spacial score (nSPS) is 12.6. The Morgan fingerprint density at radius 1 is 1.31 bits per heavy atom. The molecule has 0 aliphatic rings. The van der Waals surface area contributed by atoms with Crippen LogP contribution in [0.1, 0.15) is 12.5 Å². The van der Waals surface area contributed by atoms with Gasteiger partial charge in [0.15, 0.2) is 0 Å². The first-order valence-corrected chi connectivity index (χ1v) is 4.54. The lowest BCUT2D eigenvalue weighted by Gasteiger charge is -2.17. The second kappa shape index (κ2) is 4.28. The van der Waals surface area contributed by atoms with Crippen molar-refractivity contribution in [1.29, 1.82) is 0 Å². The van der Waals surface area contributed by atoms with E-state index in [1.165, 1.54) is 11.3 Å². The minimum absolute atomic E-state index is 0.277. The van der Waals surface area contributed by atoms with E-state index in [-0.39, 0.29) is 6.10 Å². The molecule has 1 aromatic rings. The third kappa shape index (κ3) is 2.74. The lowest BCUT2D eigenvalue weighted by molar-refractivity contribution is 0.195. The van der Waals surface area contributed by atoms with Gasteiger partial charge < -0.3 is 10.0 Å². The molecule has 1 aromatic carbocycles. The molecule has 0 saturated heterocycles. The lowest BCUT2D eigenvalue weighted by Crippen LogP contribution is -2.13. The molecular weight excluding hydrogens is 162 g/mol. The molecule has 1 rings (SSSR count). The summed E-state index contributed by atoms with van der Waals surface area (Å²) in [6.07, 6.45) is 0.440. The highest BCUT2D eigenvalue weighted by Gasteiger charge is 2.05. The van der Waals surface area contributed by atoms with E-state index in [4.69, 9.17) is 0 Å². The van der Waals surface area contributed by atoms with Crippen LogP contribution in [0.4, 0.5) is 5.69 Å². The zero-order valence-corrected chi connectivity index (χ0v) is 8.49. The van der Waals surface area contributed by atoms with E-state index in [1.807, 2.05) is 33.2 Å². The van der Waals surface area contributed by atoms with E-state index < -0.39 is 0 Å². The summed E-state index contributed by atoms with van der Waals surface area (Å²) in [5.74, 6) is 0. The summed E-state index contributed by atoms with van der Waals surface area (Å²) in [5, 5.41) is 9.29. The lowest BCUT2D eigenvalue weighted by atomic mass is 10.1. The van der Waals surface area contributed by atoms with Gasteiger partial charge in [-0.15, -0.1) is 0 Å². The standard InChI is InChI=1S/C11H17NO/c1-9(13)8-10-6-4-5-7-11(10)12(2)3/h4-7,9,13H,8H2,1-3H3/t9-/m1/s1. The summed E-state index contributed by atoms with van der Waals surface area (Å²) >= 11 is 0. The molecule has 2 heteroatoms. The van der Waals surface area contributed by atoms with Gasteiger partial charge in [0.2, 0.25) is 0 Å². The molecule has 72 valence electrons. The number of anilines is 1. The number of para-hydroxylation sites is 1. The smallest absolute Gasteiger partial charge is 0.0553 e. The minimum atomic E-state index is -0.277. The molecule has 0 aliphatic heterocycles. The van der Waals surface area contributed by atoms with Crippen molar-refractivity contribution in [3.8, 4) is 0 Å². The van der Waals surface area contributed by atoms with Crippen molar-refractivity contribution in [2.24, 2.45) is 0 Å². The third-order valence-electron chi connectivity index (χ3n) is 1.99. The molecule has 1 N–H and O–H groups in total. The molecule has 0 unspecified atom stereocenters. The number of nitrogens with zero attached hydrogens (tertiary/aromatic N) is 1. The van der Waals surface area contributed by atoms with Gasteiger partial charge in [0.25, 0.3) is 0 Å². The Balaban J connectivity index is 2.91. The van der Waals surface area contributed by atoms with E-state index in [2.05, 4.69) is 17.0 Å². The van der Waals surface area contributed by atoms with Crippen molar-refractivity contribution in [2.75, 3.05) is 19.0 Å². The number of hydrogen-bond donors (Lipinski definition) is 1. The first kappa shape index (κ1) is 10.1. The van der Waals surface area contributed by atoms with E-state index in [0.717, 1.165) is 0 Å². The molecule has 0 heterocycles. The maximum Gasteiger partial charge on any atom is 0.0553 e. The van der Waals surface area contributed by atoms with Crippen LogP contribution in [0.5, 0.6) is 0 Å². The van der Waals surface area contributed by atoms with Crippen molar-refractivity contribution in [1.82, 2.24) is 0 Å². The molecular formula is C11H17NO. The fourth-order valence-corrected chi connectivity index (χ4v) is 1.44. The fourth-order valence-electron chi connectivity index (χ4n) is 1.44. The van der Waals surface area contributed by atoms with Crippen LogP contribution in [0.3, 0.4) is 0 Å². The van der Waals surface area contributed by atoms with E-state index >= 15 is 0 Å². The van der Waals surface area contributed by atoms with Gasteiger partial charge in [-0.25, -0.2) is 0 Å². The molecule has 0 bridgehead atoms. The average molecular weight is 179 g/mol. The van der Waals surface area contributed by atoms with Gasteiger partial charge >= 0.3 is 0 Å². The number of aliphatic hydroxyl groups is 1. The molecule has 0 fully saturated rings. The molecule has 0 aromatic heterocycles. The number of aliphatic hydroxyl groups excluding tert-OH is 1. The van der Waals surface area contributed by atoms with Gasteiger partial charge in [-0.3, -0.25) is 0 Å². The van der Waals surface area contributed by atoms with Gasteiger partial charge in [-0.2, -0.15) is 0 Å². The number of benzene rings is 1. The summed E-state index contributed by atoms with van der Waals surface area (Å²) in [4.78, 5) is 2.07. The maximum atomic E-state index is 9.29. The van der Waals surface area contributed by atoms with Crippen molar-refractivity contribution < 1.29 is 5.11 Å². The van der Waals surface area contributed by atoms with Crippen LogP contribution in [0.15, 0.2) is 24.3 Å². The molecule has 13 heavy (non-hydrogen) atoms. The zero-order valence-electron chi connectivity index (χ0n) is 8.49. The van der Waals surface area contributed by atoms with Crippen molar-refractivity contribution in [3.05, 3.63) is 29.8 Å². The first-order valence-electron chi connectivity index (χ1n) is 4.54. The Labute approximate surface area is 79.8 Å². The largest absolute Gasteiger partial charge is 0.393 e. The van der Waals surface area contributed by atoms with Crippen LogP contribution in [-0.2, 0) is 6.42 Å². The van der Waals surface area contributed by atoms with E-state index in [0.29, 0.717) is 6.42 Å². The van der Waals surface area contributed by atoms with Gasteiger partial charge in [0, 0.05) is 26.2 Å². The van der Waals surface area contributed by atoms with Gasteiger partial charge in [0.1, 0.15) is 0 Å². The van der Waals surface area contributed by atoms with Crippen molar-refractivity contribution in [2.45, 2.75) is 19.4 Å². The van der Waals surface area contributed by atoms with Crippen molar-refractivity contribution in [3.63, 3.8) is 0 Å². The Morgan fingerprint density at radius 3 is 2.46 bits per heavy atom. The Morgan fingerprint density at radius 2 is 1.92 bits per heavy atom. The van der Waals surface area contributed by atoms with Crippen LogP contribution in [0, 0.1) is 0 Å². The average Bonchev–Trinajstić information content (AvgIpc) is 2.03. The zero-order chi connectivity index (χ0) is 9.84. The molecule has 0 radical (unpaired) electrons. The maximum absolute atomic E-state index is 9.29. The van der Waals surface area contributed by atoms with Crippen LogP contribution in [0.2, 0.25) is 0 Å². The molecule has 0 aliphatic carbocycles. The molecule has 0 amide bonds. The molecule has 2 nitrogen and oxygen atoms in total. The summed E-state index contributed by atoms with van der Waals surface area (Å²) in [7, 11) is 4.03. The highest BCUT2D eigenvalue weighted by molar-refractivity contribution is 5.52. The summed E-state index contributed by atoms with van der Waals surface area (Å²) < 4.78 is 0. The Kier molecular flexibility index (Phi) is 3.32. The summed E-state index contributed by atoms with van der Waals surface area (Å²) in [5.41, 5.74) is 2.38.